The van der Waals surface area contributed by atoms with Crippen molar-refractivity contribution in [1.29, 1.82) is 0 Å². The Bertz CT molecular complexity index is 899. The Hall–Kier alpha value is -2.18. The summed E-state index contributed by atoms with van der Waals surface area (Å²) in [5.41, 5.74) is 2.00. The predicted octanol–water partition coefficient (Wildman–Crippen LogP) is 3.91. The summed E-state index contributed by atoms with van der Waals surface area (Å²) in [6, 6.07) is 15.8. The minimum atomic E-state index is 0.120. The van der Waals surface area contributed by atoms with Gasteiger partial charge in [-0.15, -0.1) is 11.8 Å². The van der Waals surface area contributed by atoms with Crippen LogP contribution in [0.25, 0.3) is 0 Å². The molecule has 2 heterocycles. The van der Waals surface area contributed by atoms with Crippen molar-refractivity contribution >= 4 is 46.6 Å². The number of rotatable bonds is 5. The third kappa shape index (κ3) is 4.54. The van der Waals surface area contributed by atoms with Gasteiger partial charge in [0.1, 0.15) is 0 Å². The van der Waals surface area contributed by atoms with Gasteiger partial charge in [-0.3, -0.25) is 9.59 Å². The van der Waals surface area contributed by atoms with Gasteiger partial charge in [-0.1, -0.05) is 35.9 Å². The summed E-state index contributed by atoms with van der Waals surface area (Å²) in [5.74, 6) is 0.750. The molecule has 0 bridgehead atoms. The first-order valence-electron chi connectivity index (χ1n) is 9.93. The number of benzene rings is 2. The van der Waals surface area contributed by atoms with Crippen LogP contribution in [0.3, 0.4) is 0 Å². The zero-order valence-electron chi connectivity index (χ0n) is 16.2. The summed E-state index contributed by atoms with van der Waals surface area (Å²) in [5, 5.41) is 0.747. The average Bonchev–Trinajstić information content (AvgIpc) is 2.75. The van der Waals surface area contributed by atoms with Gasteiger partial charge in [0.2, 0.25) is 11.8 Å². The first-order valence-corrected chi connectivity index (χ1v) is 11.3. The van der Waals surface area contributed by atoms with Crippen LogP contribution < -0.4 is 9.80 Å². The lowest BCUT2D eigenvalue weighted by atomic mass is 10.2. The van der Waals surface area contributed by atoms with E-state index < -0.39 is 0 Å². The molecule has 2 amide bonds. The lowest BCUT2D eigenvalue weighted by Gasteiger charge is -2.36. The van der Waals surface area contributed by atoms with Crippen LogP contribution in [0, 0.1) is 0 Å². The largest absolute Gasteiger partial charge is 0.367 e. The number of carbonyl (C=O) groups excluding carboxylic acids is 2. The molecule has 2 aliphatic rings. The third-order valence-electron chi connectivity index (χ3n) is 5.41. The van der Waals surface area contributed by atoms with E-state index in [0.29, 0.717) is 38.2 Å². The van der Waals surface area contributed by atoms with Crippen molar-refractivity contribution in [3.8, 4) is 0 Å². The van der Waals surface area contributed by atoms with E-state index in [1.807, 2.05) is 58.3 Å². The Balaban J connectivity index is 1.27. The van der Waals surface area contributed by atoms with E-state index >= 15 is 0 Å². The quantitative estimate of drug-likeness (QED) is 0.722. The number of amides is 2. The molecule has 2 aromatic carbocycles. The summed E-state index contributed by atoms with van der Waals surface area (Å²) < 4.78 is 0. The first-order chi connectivity index (χ1) is 14.1. The van der Waals surface area contributed by atoms with Gasteiger partial charge >= 0.3 is 0 Å². The summed E-state index contributed by atoms with van der Waals surface area (Å²) in [7, 11) is 0. The summed E-state index contributed by atoms with van der Waals surface area (Å²) in [4.78, 5) is 32.1. The summed E-state index contributed by atoms with van der Waals surface area (Å²) in [6.07, 6.45) is 1.14. The molecular weight excluding hydrogens is 406 g/mol. The lowest BCUT2D eigenvalue weighted by Crippen LogP contribution is -2.49. The number of para-hydroxylation sites is 2. The van der Waals surface area contributed by atoms with Crippen molar-refractivity contribution < 1.29 is 9.59 Å². The number of hydrogen-bond donors (Lipinski definition) is 0. The Kier molecular flexibility index (Phi) is 6.31. The fourth-order valence-electron chi connectivity index (χ4n) is 3.85. The molecule has 0 radical (unpaired) electrons. The lowest BCUT2D eigenvalue weighted by molar-refractivity contribution is -0.131. The molecule has 0 atom stereocenters. The minimum Gasteiger partial charge on any atom is -0.367 e. The van der Waals surface area contributed by atoms with E-state index in [0.717, 1.165) is 34.4 Å². The molecule has 29 heavy (non-hydrogen) atoms. The zero-order valence-corrected chi connectivity index (χ0v) is 17.8. The number of thioether (sulfide) groups is 1. The highest BCUT2D eigenvalue weighted by Crippen LogP contribution is 2.35. The van der Waals surface area contributed by atoms with Gasteiger partial charge < -0.3 is 14.7 Å². The molecule has 152 valence electrons. The molecule has 2 aromatic rings. The van der Waals surface area contributed by atoms with Gasteiger partial charge in [0.25, 0.3) is 0 Å². The Labute approximate surface area is 180 Å². The van der Waals surface area contributed by atoms with Crippen LogP contribution in [0.4, 0.5) is 11.4 Å². The maximum Gasteiger partial charge on any atom is 0.237 e. The molecule has 0 spiro atoms. The molecule has 0 aliphatic carbocycles. The second-order valence-electron chi connectivity index (χ2n) is 7.22. The van der Waals surface area contributed by atoms with E-state index in [1.54, 1.807) is 11.8 Å². The predicted molar refractivity (Wildman–Crippen MR) is 119 cm³/mol. The number of halogens is 1. The van der Waals surface area contributed by atoms with Crippen LogP contribution in [0.1, 0.15) is 12.8 Å². The average molecular weight is 430 g/mol. The third-order valence-corrected chi connectivity index (χ3v) is 6.77. The first kappa shape index (κ1) is 20.1. The highest BCUT2D eigenvalue weighted by Gasteiger charge is 2.25. The Morgan fingerprint density at radius 2 is 1.66 bits per heavy atom. The van der Waals surface area contributed by atoms with E-state index in [9.17, 15) is 9.59 Å². The van der Waals surface area contributed by atoms with Crippen molar-refractivity contribution in [3.63, 3.8) is 0 Å². The molecule has 1 fully saturated rings. The van der Waals surface area contributed by atoms with Gasteiger partial charge in [-0.05, 0) is 30.7 Å². The summed E-state index contributed by atoms with van der Waals surface area (Å²) in [6.45, 7) is 3.55. The van der Waals surface area contributed by atoms with E-state index in [4.69, 9.17) is 11.6 Å². The van der Waals surface area contributed by atoms with Crippen LogP contribution in [0.15, 0.2) is 53.4 Å². The monoisotopic (exact) mass is 429 g/mol. The number of hydrogen-bond acceptors (Lipinski definition) is 4. The maximum absolute atomic E-state index is 12.7. The van der Waals surface area contributed by atoms with Gasteiger partial charge in [0, 0.05) is 44.0 Å². The number of piperazine rings is 1. The fourth-order valence-corrected chi connectivity index (χ4v) is 5.04. The van der Waals surface area contributed by atoms with Gasteiger partial charge in [-0.25, -0.2) is 0 Å². The van der Waals surface area contributed by atoms with Crippen molar-refractivity contribution in [2.24, 2.45) is 0 Å². The molecule has 0 saturated carbocycles. The van der Waals surface area contributed by atoms with Crippen LogP contribution in [-0.2, 0) is 9.59 Å². The smallest absolute Gasteiger partial charge is 0.237 e. The summed E-state index contributed by atoms with van der Waals surface area (Å²) >= 11 is 7.87. The molecular formula is C22H24ClN3O2S. The van der Waals surface area contributed by atoms with Crippen LogP contribution >= 0.6 is 23.4 Å². The molecule has 2 aliphatic heterocycles. The second-order valence-corrected chi connectivity index (χ2v) is 8.65. The molecule has 1 saturated heterocycles. The van der Waals surface area contributed by atoms with Crippen molar-refractivity contribution in [3.05, 3.63) is 53.6 Å². The number of nitrogens with zero attached hydrogens (tertiary/aromatic N) is 3. The van der Waals surface area contributed by atoms with Crippen LogP contribution in [0.2, 0.25) is 5.02 Å². The van der Waals surface area contributed by atoms with E-state index in [-0.39, 0.29) is 11.8 Å². The standard InChI is InChI=1S/C22H24ClN3O2S/c23-17-6-1-2-7-18(17)24-12-14-25(15-13-24)21(27)10-5-11-26-19-8-3-4-9-20(19)29-16-22(26)28/h1-4,6-9H,5,10-16H2. The zero-order chi connectivity index (χ0) is 20.2. The molecule has 4 rings (SSSR count). The van der Waals surface area contributed by atoms with Crippen molar-refractivity contribution in [2.45, 2.75) is 17.7 Å². The second kappa shape index (κ2) is 9.09. The SMILES string of the molecule is O=C(CCCN1C(=O)CSc2ccccc21)N1CCN(c2ccccc2Cl)CC1. The van der Waals surface area contributed by atoms with Gasteiger partial charge in [0.05, 0.1) is 22.2 Å². The minimum absolute atomic E-state index is 0.120. The number of anilines is 2. The molecule has 0 unspecified atom stereocenters. The molecule has 7 heteroatoms. The molecule has 0 aromatic heterocycles. The normalized spacial score (nSPS) is 16.7. The Morgan fingerprint density at radius 1 is 0.966 bits per heavy atom. The van der Waals surface area contributed by atoms with Crippen molar-refractivity contribution in [2.75, 3.05) is 48.3 Å². The highest BCUT2D eigenvalue weighted by atomic mass is 35.5. The topological polar surface area (TPSA) is 43.9 Å². The van der Waals surface area contributed by atoms with Crippen LogP contribution in [0.5, 0.6) is 0 Å². The highest BCUT2D eigenvalue weighted by molar-refractivity contribution is 8.00. The van der Waals surface area contributed by atoms with Gasteiger partial charge in [0.15, 0.2) is 0 Å². The maximum atomic E-state index is 12.7. The Morgan fingerprint density at radius 3 is 2.41 bits per heavy atom. The van der Waals surface area contributed by atoms with E-state index in [1.165, 1.54) is 0 Å². The van der Waals surface area contributed by atoms with Crippen LogP contribution in [-0.4, -0.2) is 55.2 Å². The van der Waals surface area contributed by atoms with Gasteiger partial charge in [-0.2, -0.15) is 0 Å². The fraction of sp³-hybridized carbons (Fsp3) is 0.364. The number of fused-ring (bicyclic) bond motifs is 1. The van der Waals surface area contributed by atoms with Crippen molar-refractivity contribution in [1.82, 2.24) is 4.90 Å². The molecule has 0 N–H and O–H groups in total. The van der Waals surface area contributed by atoms with E-state index in [2.05, 4.69) is 4.90 Å². The molecule has 5 nitrogen and oxygen atoms in total. The number of carbonyl (C=O) groups is 2.